The number of carbonyl (C=O) groups is 1. The predicted molar refractivity (Wildman–Crippen MR) is 77.1 cm³/mol. The predicted octanol–water partition coefficient (Wildman–Crippen LogP) is -1.30. The summed E-state index contributed by atoms with van der Waals surface area (Å²) in [5, 5.41) is 12.7. The summed E-state index contributed by atoms with van der Waals surface area (Å²) in [6.07, 6.45) is -0.501. The Labute approximate surface area is 149 Å². The van der Waals surface area contributed by atoms with Gasteiger partial charge in [0.15, 0.2) is 0 Å². The minimum absolute atomic E-state index is 0. The number of carbonyl (C=O) groups excluding carboxylic acids is 1. The van der Waals surface area contributed by atoms with Crippen molar-refractivity contribution < 1.29 is 53.7 Å². The zero-order valence-electron chi connectivity index (χ0n) is 14.2. The van der Waals surface area contributed by atoms with Crippen LogP contribution in [-0.4, -0.2) is 40.8 Å². The van der Waals surface area contributed by atoms with Crippen molar-refractivity contribution in [2.45, 2.75) is 65.2 Å². The molecule has 0 heterocycles. The summed E-state index contributed by atoms with van der Waals surface area (Å²) >= 11 is 0. The Kier molecular flexibility index (Phi) is 10.0. The third-order valence-corrected chi connectivity index (χ3v) is 5.04. The van der Waals surface area contributed by atoms with Gasteiger partial charge in [-0.2, -0.15) is 0 Å². The van der Waals surface area contributed by atoms with Crippen LogP contribution in [-0.2, 0) is 9.30 Å². The average molecular weight is 331 g/mol. The van der Waals surface area contributed by atoms with Gasteiger partial charge in [-0.25, -0.2) is 4.79 Å². The summed E-state index contributed by atoms with van der Waals surface area (Å²) < 4.78 is 16.9. The Hall–Kier alpha value is 0.420. The summed E-state index contributed by atoms with van der Waals surface area (Å²) in [7, 11) is -3.64. The van der Waals surface area contributed by atoms with E-state index in [0.29, 0.717) is 6.42 Å². The first-order chi connectivity index (χ1) is 8.79. The maximum atomic E-state index is 11.8. The molecule has 8 heteroatoms. The van der Waals surface area contributed by atoms with Crippen LogP contribution >= 0.6 is 7.37 Å². The molecular formula is C13H27NNaO5P. The minimum atomic E-state index is -3.64. The van der Waals surface area contributed by atoms with Gasteiger partial charge >= 0.3 is 35.7 Å². The van der Waals surface area contributed by atoms with Crippen molar-refractivity contribution in [3.63, 3.8) is 0 Å². The average Bonchev–Trinajstić information content (AvgIpc) is 2.11. The first-order valence-electron chi connectivity index (χ1n) is 6.80. The van der Waals surface area contributed by atoms with Gasteiger partial charge in [0.25, 0.3) is 0 Å². The van der Waals surface area contributed by atoms with Crippen molar-refractivity contribution in [3.8, 4) is 0 Å². The summed E-state index contributed by atoms with van der Waals surface area (Å²) in [6, 6.07) is -0.739. The molecule has 0 aliphatic rings. The van der Waals surface area contributed by atoms with E-state index in [1.54, 1.807) is 34.6 Å². The molecule has 120 valence electrons. The molecule has 0 saturated carbocycles. The van der Waals surface area contributed by atoms with Crippen molar-refractivity contribution in [2.24, 2.45) is 0 Å². The number of nitrogens with one attached hydrogen (secondary N) is 1. The molecule has 0 aromatic heterocycles. The number of hydrogen-bond donors (Lipinski definition) is 2. The third kappa shape index (κ3) is 10.7. The Morgan fingerprint density at radius 3 is 2.24 bits per heavy atom. The molecule has 0 aromatic rings. The number of hydrogen-bond acceptors (Lipinski definition) is 5. The van der Waals surface area contributed by atoms with E-state index < -0.39 is 30.7 Å². The first kappa shape index (κ1) is 23.7. The van der Waals surface area contributed by atoms with Crippen LogP contribution < -0.4 is 39.8 Å². The third-order valence-electron chi connectivity index (χ3n) is 2.79. The Balaban J connectivity index is 0. The van der Waals surface area contributed by atoms with Crippen molar-refractivity contribution >= 4 is 13.5 Å². The molecule has 0 radical (unpaired) electrons. The Morgan fingerprint density at radius 1 is 1.38 bits per heavy atom. The molecule has 1 amide bonds. The van der Waals surface area contributed by atoms with Gasteiger partial charge in [0.1, 0.15) is 5.60 Å². The van der Waals surface area contributed by atoms with Crippen LogP contribution in [0.5, 0.6) is 0 Å². The van der Waals surface area contributed by atoms with Gasteiger partial charge in [-0.1, -0.05) is 13.3 Å². The number of ether oxygens (including phenoxy) is 1. The molecule has 0 bridgehead atoms. The molecule has 6 nitrogen and oxygen atoms in total. The molecule has 0 aliphatic heterocycles. The second-order valence-corrected chi connectivity index (χ2v) is 8.81. The summed E-state index contributed by atoms with van der Waals surface area (Å²) in [6.45, 7) is 9.89. The van der Waals surface area contributed by atoms with E-state index in [4.69, 9.17) is 4.74 Å². The van der Waals surface area contributed by atoms with E-state index in [1.807, 2.05) is 0 Å². The minimum Gasteiger partial charge on any atom is -0.799 e. The maximum absolute atomic E-state index is 11.8. The maximum Gasteiger partial charge on any atom is 1.00 e. The van der Waals surface area contributed by atoms with Crippen LogP contribution in [0.2, 0.25) is 0 Å². The smallest absolute Gasteiger partial charge is 0.799 e. The van der Waals surface area contributed by atoms with Gasteiger partial charge in [0.2, 0.25) is 0 Å². The summed E-state index contributed by atoms with van der Waals surface area (Å²) in [5.41, 5.74) is -2.19. The number of aliphatic hydroxyl groups is 1. The number of rotatable bonds is 6. The fourth-order valence-corrected chi connectivity index (χ4v) is 3.77. The summed E-state index contributed by atoms with van der Waals surface area (Å²) in [5.74, 6) is 0. The van der Waals surface area contributed by atoms with E-state index in [1.165, 1.54) is 6.92 Å². The van der Waals surface area contributed by atoms with E-state index in [9.17, 15) is 19.4 Å². The molecule has 21 heavy (non-hydrogen) atoms. The topological polar surface area (TPSA) is 98.7 Å². The van der Waals surface area contributed by atoms with Crippen LogP contribution in [0.1, 0.15) is 48.0 Å². The second kappa shape index (κ2) is 8.90. The van der Waals surface area contributed by atoms with Crippen molar-refractivity contribution in [1.29, 1.82) is 0 Å². The zero-order chi connectivity index (χ0) is 16.2. The molecule has 0 saturated heterocycles. The van der Waals surface area contributed by atoms with E-state index in [2.05, 4.69) is 5.32 Å². The molecule has 0 spiro atoms. The van der Waals surface area contributed by atoms with Crippen LogP contribution in [0.15, 0.2) is 0 Å². The Morgan fingerprint density at radius 2 is 1.86 bits per heavy atom. The van der Waals surface area contributed by atoms with E-state index >= 15 is 0 Å². The quantitative estimate of drug-likeness (QED) is 0.466. The SMILES string of the molecule is CCCP(=O)([O-])CC(C)(O)C(C)NC(=O)OC(C)(C)C.[Na+]. The van der Waals surface area contributed by atoms with Crippen molar-refractivity contribution in [3.05, 3.63) is 0 Å². The van der Waals surface area contributed by atoms with Crippen LogP contribution in [0.4, 0.5) is 4.79 Å². The van der Waals surface area contributed by atoms with Crippen LogP contribution in [0.25, 0.3) is 0 Å². The Bertz CT molecular complexity index is 381. The van der Waals surface area contributed by atoms with Gasteiger partial charge in [-0.05, 0) is 40.8 Å². The zero-order valence-corrected chi connectivity index (χ0v) is 17.1. The van der Waals surface area contributed by atoms with Gasteiger partial charge in [0, 0.05) is 13.5 Å². The van der Waals surface area contributed by atoms with E-state index in [0.717, 1.165) is 0 Å². The molecule has 3 unspecified atom stereocenters. The number of alkyl carbamates (subject to hydrolysis) is 1. The van der Waals surface area contributed by atoms with Crippen LogP contribution in [0.3, 0.4) is 0 Å². The van der Waals surface area contributed by atoms with Crippen LogP contribution in [0, 0.1) is 0 Å². The largest absolute Gasteiger partial charge is 1.00 e. The van der Waals surface area contributed by atoms with Gasteiger partial charge < -0.3 is 24.6 Å². The monoisotopic (exact) mass is 331 g/mol. The summed E-state index contributed by atoms with van der Waals surface area (Å²) in [4.78, 5) is 23.4. The molecule has 0 rings (SSSR count). The number of amides is 1. The molecule has 3 atom stereocenters. The molecular weight excluding hydrogens is 304 g/mol. The standard InChI is InChI=1S/C13H28NO5P.Na/c1-7-8-20(17,18)9-13(6,16)10(2)14-11(15)19-12(3,4)5;/h10,16H,7-9H2,1-6H3,(H,14,15)(H,17,18);/q;+1/p-1. The van der Waals surface area contributed by atoms with Gasteiger partial charge in [0.05, 0.1) is 11.6 Å². The molecule has 0 fully saturated rings. The molecule has 0 aromatic carbocycles. The van der Waals surface area contributed by atoms with Crippen molar-refractivity contribution in [1.82, 2.24) is 5.32 Å². The second-order valence-electron chi connectivity index (χ2n) is 6.42. The fraction of sp³-hybridized carbons (Fsp3) is 0.923. The molecule has 2 N–H and O–H groups in total. The van der Waals surface area contributed by atoms with Gasteiger partial charge in [-0.15, -0.1) is 0 Å². The van der Waals surface area contributed by atoms with Crippen molar-refractivity contribution in [2.75, 3.05) is 12.3 Å². The fourth-order valence-electron chi connectivity index (χ4n) is 1.68. The normalized spacial score (nSPS) is 18.7. The van der Waals surface area contributed by atoms with Gasteiger partial charge in [-0.3, -0.25) is 0 Å². The molecule has 0 aliphatic carbocycles. The first-order valence-corrected chi connectivity index (χ1v) is 8.79. The van der Waals surface area contributed by atoms with E-state index in [-0.39, 0.29) is 41.9 Å².